The Morgan fingerprint density at radius 3 is 2.82 bits per heavy atom. The van der Waals surface area contributed by atoms with E-state index in [9.17, 15) is 4.79 Å². The molecule has 2 aromatic rings. The zero-order valence-electron chi connectivity index (χ0n) is 11.7. The Morgan fingerprint density at radius 1 is 1.27 bits per heavy atom. The lowest BCUT2D eigenvalue weighted by Crippen LogP contribution is -2.06. The molecule has 1 aromatic heterocycles. The average molecular weight is 335 g/mol. The number of hydrogen-bond acceptors (Lipinski definition) is 3. The van der Waals surface area contributed by atoms with Crippen molar-refractivity contribution >= 4 is 35.1 Å². The Kier molecular flexibility index (Phi) is 4.10. The summed E-state index contributed by atoms with van der Waals surface area (Å²) < 4.78 is 10.9. The van der Waals surface area contributed by atoms with Gasteiger partial charge in [0.2, 0.25) is 5.78 Å². The standard InChI is InChI=1S/C17H12Cl2O3/c1-10-2-5-16(22-10)15(20)4-3-11-6-12-7-13(18)8-14(19)17(12)21-9-11/h2-8H,9H2,1H3. The molecule has 0 radical (unpaired) electrons. The Bertz CT molecular complexity index is 800. The Balaban J connectivity index is 1.83. The highest BCUT2D eigenvalue weighted by Gasteiger charge is 2.15. The molecule has 0 fully saturated rings. The number of furan rings is 1. The van der Waals surface area contributed by atoms with Crippen LogP contribution in [0.1, 0.15) is 21.9 Å². The van der Waals surface area contributed by atoms with Crippen LogP contribution in [0.2, 0.25) is 10.0 Å². The van der Waals surface area contributed by atoms with Crippen molar-refractivity contribution < 1.29 is 13.9 Å². The molecule has 22 heavy (non-hydrogen) atoms. The van der Waals surface area contributed by atoms with E-state index in [4.69, 9.17) is 32.4 Å². The fourth-order valence-corrected chi connectivity index (χ4v) is 2.73. The van der Waals surface area contributed by atoms with E-state index in [0.717, 1.165) is 11.1 Å². The first kappa shape index (κ1) is 14.9. The zero-order valence-corrected chi connectivity index (χ0v) is 13.2. The van der Waals surface area contributed by atoms with Crippen molar-refractivity contribution in [3.05, 3.63) is 69.1 Å². The lowest BCUT2D eigenvalue weighted by atomic mass is 10.1. The summed E-state index contributed by atoms with van der Waals surface area (Å²) in [5, 5.41) is 1.01. The van der Waals surface area contributed by atoms with Crippen LogP contribution in [0.4, 0.5) is 0 Å². The van der Waals surface area contributed by atoms with Crippen LogP contribution in [-0.4, -0.2) is 12.4 Å². The van der Waals surface area contributed by atoms with E-state index in [1.807, 2.05) is 6.08 Å². The van der Waals surface area contributed by atoms with E-state index in [-0.39, 0.29) is 5.78 Å². The molecular weight excluding hydrogens is 323 g/mol. The highest BCUT2D eigenvalue weighted by atomic mass is 35.5. The Hall–Kier alpha value is -1.97. The maximum atomic E-state index is 12.0. The van der Waals surface area contributed by atoms with Crippen LogP contribution < -0.4 is 4.74 Å². The predicted octanol–water partition coefficient (Wildman–Crippen LogP) is 5.11. The van der Waals surface area contributed by atoms with Crippen LogP contribution in [0.25, 0.3) is 6.08 Å². The summed E-state index contributed by atoms with van der Waals surface area (Å²) in [6.45, 7) is 2.14. The molecular formula is C17H12Cl2O3. The number of carbonyl (C=O) groups is 1. The lowest BCUT2D eigenvalue weighted by Gasteiger charge is -2.17. The molecule has 0 N–H and O–H groups in total. The number of allylic oxidation sites excluding steroid dienone is 1. The van der Waals surface area contributed by atoms with Gasteiger partial charge in [-0.15, -0.1) is 0 Å². The molecule has 1 aromatic carbocycles. The molecule has 0 spiro atoms. The summed E-state index contributed by atoms with van der Waals surface area (Å²) >= 11 is 12.1. The van der Waals surface area contributed by atoms with Gasteiger partial charge in [0.05, 0.1) is 5.02 Å². The van der Waals surface area contributed by atoms with Crippen molar-refractivity contribution in [1.29, 1.82) is 0 Å². The van der Waals surface area contributed by atoms with Gasteiger partial charge in [-0.05, 0) is 48.9 Å². The molecule has 0 atom stereocenters. The van der Waals surface area contributed by atoms with Crippen molar-refractivity contribution in [2.45, 2.75) is 6.92 Å². The molecule has 2 heterocycles. The fraction of sp³-hybridized carbons (Fsp3) is 0.118. The SMILES string of the molecule is Cc1ccc(C(=O)C=CC2=Cc3cc(Cl)cc(Cl)c3OC2)o1. The molecule has 112 valence electrons. The highest BCUT2D eigenvalue weighted by molar-refractivity contribution is 6.36. The Morgan fingerprint density at radius 2 is 2.09 bits per heavy atom. The van der Waals surface area contributed by atoms with Gasteiger partial charge >= 0.3 is 0 Å². The van der Waals surface area contributed by atoms with Crippen LogP contribution in [0.15, 0.2) is 46.4 Å². The number of hydrogen-bond donors (Lipinski definition) is 0. The Labute approximate surface area is 137 Å². The molecule has 3 nitrogen and oxygen atoms in total. The molecule has 1 aliphatic rings. The third kappa shape index (κ3) is 3.11. The summed E-state index contributed by atoms with van der Waals surface area (Å²) in [6, 6.07) is 6.82. The fourth-order valence-electron chi connectivity index (χ4n) is 2.16. The maximum absolute atomic E-state index is 12.0. The van der Waals surface area contributed by atoms with Crippen molar-refractivity contribution in [2.75, 3.05) is 6.61 Å². The number of benzene rings is 1. The quantitative estimate of drug-likeness (QED) is 0.578. The first-order valence-corrected chi connectivity index (χ1v) is 7.40. The largest absolute Gasteiger partial charge is 0.487 e. The normalized spacial score (nSPS) is 13.7. The van der Waals surface area contributed by atoms with E-state index >= 15 is 0 Å². The predicted molar refractivity (Wildman–Crippen MR) is 86.8 cm³/mol. The molecule has 0 bridgehead atoms. The molecule has 0 unspecified atom stereocenters. The third-order valence-electron chi connectivity index (χ3n) is 3.19. The van der Waals surface area contributed by atoms with Gasteiger partial charge in [0.1, 0.15) is 18.1 Å². The monoisotopic (exact) mass is 334 g/mol. The minimum absolute atomic E-state index is 0.191. The van der Waals surface area contributed by atoms with Gasteiger partial charge < -0.3 is 9.15 Å². The van der Waals surface area contributed by atoms with Gasteiger partial charge in [0.15, 0.2) is 5.76 Å². The second-order valence-electron chi connectivity index (χ2n) is 4.92. The van der Waals surface area contributed by atoms with Crippen molar-refractivity contribution in [1.82, 2.24) is 0 Å². The van der Waals surface area contributed by atoms with Gasteiger partial charge in [-0.2, -0.15) is 0 Å². The second-order valence-corrected chi connectivity index (χ2v) is 5.77. The minimum Gasteiger partial charge on any atom is -0.487 e. The summed E-state index contributed by atoms with van der Waals surface area (Å²) in [7, 11) is 0. The van der Waals surface area contributed by atoms with E-state index < -0.39 is 0 Å². The summed E-state index contributed by atoms with van der Waals surface area (Å²) in [5.41, 5.74) is 1.65. The van der Waals surface area contributed by atoms with Gasteiger partial charge in [-0.3, -0.25) is 4.79 Å². The third-order valence-corrected chi connectivity index (χ3v) is 3.69. The first-order chi connectivity index (χ1) is 10.5. The van der Waals surface area contributed by atoms with Gasteiger partial charge in [0, 0.05) is 10.6 Å². The number of carbonyl (C=O) groups excluding carboxylic acids is 1. The van der Waals surface area contributed by atoms with Crippen LogP contribution in [0.5, 0.6) is 5.75 Å². The number of fused-ring (bicyclic) bond motifs is 1. The smallest absolute Gasteiger partial charge is 0.221 e. The minimum atomic E-state index is -0.191. The van der Waals surface area contributed by atoms with E-state index in [1.54, 1.807) is 37.3 Å². The number of ketones is 1. The van der Waals surface area contributed by atoms with E-state index in [2.05, 4.69) is 0 Å². The van der Waals surface area contributed by atoms with E-state index in [0.29, 0.717) is 33.9 Å². The summed E-state index contributed by atoms with van der Waals surface area (Å²) in [4.78, 5) is 12.0. The molecule has 0 saturated carbocycles. The van der Waals surface area contributed by atoms with Crippen molar-refractivity contribution in [3.8, 4) is 5.75 Å². The van der Waals surface area contributed by atoms with Gasteiger partial charge in [0.25, 0.3) is 0 Å². The summed E-state index contributed by atoms with van der Waals surface area (Å²) in [5.74, 6) is 1.44. The zero-order chi connectivity index (χ0) is 15.7. The second kappa shape index (κ2) is 6.03. The van der Waals surface area contributed by atoms with Crippen LogP contribution >= 0.6 is 23.2 Å². The maximum Gasteiger partial charge on any atom is 0.221 e. The molecule has 1 aliphatic heterocycles. The highest BCUT2D eigenvalue weighted by Crippen LogP contribution is 2.36. The van der Waals surface area contributed by atoms with Crippen LogP contribution in [0, 0.1) is 6.92 Å². The van der Waals surface area contributed by atoms with Gasteiger partial charge in [-0.1, -0.05) is 29.3 Å². The molecule has 0 amide bonds. The molecule has 5 heteroatoms. The van der Waals surface area contributed by atoms with Crippen molar-refractivity contribution in [3.63, 3.8) is 0 Å². The first-order valence-electron chi connectivity index (χ1n) is 6.64. The molecule has 0 aliphatic carbocycles. The molecule has 3 rings (SSSR count). The molecule has 0 saturated heterocycles. The number of aryl methyl sites for hydroxylation is 1. The van der Waals surface area contributed by atoms with Crippen molar-refractivity contribution in [2.24, 2.45) is 0 Å². The van der Waals surface area contributed by atoms with Crippen LogP contribution in [0.3, 0.4) is 0 Å². The summed E-state index contributed by atoms with van der Waals surface area (Å²) in [6.07, 6.45) is 5.07. The lowest BCUT2D eigenvalue weighted by molar-refractivity contribution is 0.102. The average Bonchev–Trinajstić information content (AvgIpc) is 2.91. The topological polar surface area (TPSA) is 39.4 Å². The number of halogens is 2. The number of rotatable bonds is 3. The van der Waals surface area contributed by atoms with Gasteiger partial charge in [-0.25, -0.2) is 0 Å². The van der Waals surface area contributed by atoms with E-state index in [1.165, 1.54) is 6.08 Å². The number of ether oxygens (including phenoxy) is 1. The van der Waals surface area contributed by atoms with Crippen LogP contribution in [-0.2, 0) is 0 Å².